The van der Waals surface area contributed by atoms with Crippen LogP contribution in [0.4, 0.5) is 17.3 Å². The third kappa shape index (κ3) is 4.00. The van der Waals surface area contributed by atoms with E-state index in [1.807, 2.05) is 26.0 Å². The van der Waals surface area contributed by atoms with E-state index in [2.05, 4.69) is 14.9 Å². The lowest BCUT2D eigenvalue weighted by molar-refractivity contribution is -0.383. The molecule has 0 unspecified atom stereocenters. The van der Waals surface area contributed by atoms with Crippen molar-refractivity contribution in [1.82, 2.24) is 24.5 Å². The molecular weight excluding hydrogens is 422 g/mol. The number of nitrogens with one attached hydrogen (secondary N) is 1. The molecule has 0 atom stereocenters. The Balaban J connectivity index is 1.70. The second kappa shape index (κ2) is 8.55. The molecule has 4 heterocycles. The molecule has 1 fully saturated rings. The predicted molar refractivity (Wildman–Crippen MR) is 123 cm³/mol. The van der Waals surface area contributed by atoms with Gasteiger partial charge in [0.2, 0.25) is 5.95 Å². The lowest BCUT2D eigenvalue weighted by atomic mass is 10.1. The number of nitro benzene ring substituents is 1. The molecule has 0 radical (unpaired) electrons. The van der Waals surface area contributed by atoms with Gasteiger partial charge in [0.05, 0.1) is 4.92 Å². The van der Waals surface area contributed by atoms with E-state index in [1.165, 1.54) is 6.07 Å². The van der Waals surface area contributed by atoms with E-state index in [9.17, 15) is 10.1 Å². The van der Waals surface area contributed by atoms with Crippen molar-refractivity contribution < 1.29 is 9.66 Å². The third-order valence-electron chi connectivity index (χ3n) is 5.82. The summed E-state index contributed by atoms with van der Waals surface area (Å²) in [5.74, 6) is 1.12. The van der Waals surface area contributed by atoms with Crippen molar-refractivity contribution in [2.24, 2.45) is 0 Å². The van der Waals surface area contributed by atoms with E-state index in [0.29, 0.717) is 35.8 Å². The van der Waals surface area contributed by atoms with Crippen molar-refractivity contribution in [2.75, 3.05) is 18.5 Å². The van der Waals surface area contributed by atoms with Gasteiger partial charge in [-0.2, -0.15) is 4.98 Å². The van der Waals surface area contributed by atoms with Crippen LogP contribution in [0.1, 0.15) is 30.3 Å². The number of pyridine rings is 1. The second-order valence-electron chi connectivity index (χ2n) is 8.08. The fourth-order valence-electron chi connectivity index (χ4n) is 4.26. The number of hydrogen-bond donors (Lipinski definition) is 1. The van der Waals surface area contributed by atoms with Crippen molar-refractivity contribution in [3.05, 3.63) is 64.2 Å². The molecule has 10 heteroatoms. The van der Waals surface area contributed by atoms with Crippen LogP contribution >= 0.6 is 0 Å². The van der Waals surface area contributed by atoms with Crippen LogP contribution in [0.3, 0.4) is 0 Å². The van der Waals surface area contributed by atoms with E-state index in [-0.39, 0.29) is 17.7 Å². The fourth-order valence-corrected chi connectivity index (χ4v) is 4.26. The molecule has 1 N–H and O–H groups in total. The van der Waals surface area contributed by atoms with Crippen LogP contribution in [0.15, 0.2) is 42.7 Å². The summed E-state index contributed by atoms with van der Waals surface area (Å²) in [7, 11) is 0. The Labute approximate surface area is 189 Å². The number of aromatic nitrogens is 5. The molecule has 0 bridgehead atoms. The van der Waals surface area contributed by atoms with E-state index in [0.717, 1.165) is 29.8 Å². The van der Waals surface area contributed by atoms with Crippen LogP contribution < -0.4 is 5.32 Å². The maximum atomic E-state index is 11.6. The summed E-state index contributed by atoms with van der Waals surface area (Å²) in [4.78, 5) is 29.6. The van der Waals surface area contributed by atoms with Gasteiger partial charge >= 0.3 is 0 Å². The number of fused-ring (bicyclic) bond motifs is 1. The number of rotatable bonds is 5. The van der Waals surface area contributed by atoms with E-state index < -0.39 is 4.92 Å². The molecule has 0 spiro atoms. The third-order valence-corrected chi connectivity index (χ3v) is 5.82. The van der Waals surface area contributed by atoms with Crippen molar-refractivity contribution in [2.45, 2.75) is 32.7 Å². The number of aryl methyl sites for hydroxylation is 2. The highest BCUT2D eigenvalue weighted by molar-refractivity contribution is 5.89. The molecule has 33 heavy (non-hydrogen) atoms. The quantitative estimate of drug-likeness (QED) is 0.352. The van der Waals surface area contributed by atoms with Gasteiger partial charge in [-0.3, -0.25) is 15.1 Å². The van der Waals surface area contributed by atoms with Crippen LogP contribution in [0, 0.1) is 24.0 Å². The molecule has 168 valence electrons. The first kappa shape index (κ1) is 21.0. The molecular formula is C23H23N7O3. The summed E-state index contributed by atoms with van der Waals surface area (Å²) in [6.45, 7) is 5.22. The molecule has 1 aromatic carbocycles. The topological polar surface area (TPSA) is 121 Å². The Kier molecular flexibility index (Phi) is 5.43. The highest BCUT2D eigenvalue weighted by Gasteiger charge is 2.25. The molecule has 10 nitrogen and oxygen atoms in total. The minimum absolute atomic E-state index is 0.0381. The lowest BCUT2D eigenvalue weighted by Crippen LogP contribution is -2.20. The predicted octanol–water partition coefficient (Wildman–Crippen LogP) is 4.51. The first-order valence-electron chi connectivity index (χ1n) is 10.8. The molecule has 1 saturated heterocycles. The Morgan fingerprint density at radius 3 is 2.58 bits per heavy atom. The number of imidazole rings is 1. The van der Waals surface area contributed by atoms with Gasteiger partial charge in [0.15, 0.2) is 5.65 Å². The summed E-state index contributed by atoms with van der Waals surface area (Å²) >= 11 is 0. The summed E-state index contributed by atoms with van der Waals surface area (Å²) in [6, 6.07) is 8.85. The van der Waals surface area contributed by atoms with Gasteiger partial charge in [0, 0.05) is 43.3 Å². The molecule has 0 aliphatic carbocycles. The Morgan fingerprint density at radius 2 is 1.85 bits per heavy atom. The Bertz CT molecular complexity index is 1330. The normalized spacial score (nSPS) is 14.5. The van der Waals surface area contributed by atoms with Gasteiger partial charge in [0.1, 0.15) is 22.7 Å². The number of hydrogen-bond acceptors (Lipinski definition) is 8. The summed E-state index contributed by atoms with van der Waals surface area (Å²) in [5, 5.41) is 14.7. The molecule has 1 aliphatic heterocycles. The van der Waals surface area contributed by atoms with Gasteiger partial charge in [-0.05, 0) is 50.5 Å². The molecule has 5 rings (SSSR count). The SMILES string of the molecule is Cc1ccc([N+](=O)[O-])c(Nc2nc(-c3ccncc3)c3nc(C)n(C4CCOCC4)c3n2)c1. The van der Waals surface area contributed by atoms with Gasteiger partial charge in [-0.1, -0.05) is 6.07 Å². The smallest absolute Gasteiger partial charge is 0.292 e. The van der Waals surface area contributed by atoms with Crippen molar-refractivity contribution >= 4 is 28.5 Å². The van der Waals surface area contributed by atoms with Crippen LogP contribution in [0.25, 0.3) is 22.4 Å². The number of nitrogens with zero attached hydrogens (tertiary/aromatic N) is 6. The average Bonchev–Trinajstić information content (AvgIpc) is 3.15. The summed E-state index contributed by atoms with van der Waals surface area (Å²) in [6.07, 6.45) is 5.13. The number of nitro groups is 1. The standard InChI is InChI=1S/C23H23N7O3/c1-14-3-4-19(30(31)32)18(13-14)26-23-27-20(16-5-9-24-10-6-16)21-22(28-23)29(15(2)25-21)17-7-11-33-12-8-17/h3-6,9-10,13,17H,7-8,11-12H2,1-2H3,(H,26,27,28). The van der Waals surface area contributed by atoms with E-state index >= 15 is 0 Å². The molecule has 0 amide bonds. The monoisotopic (exact) mass is 445 g/mol. The molecule has 4 aromatic rings. The van der Waals surface area contributed by atoms with Gasteiger partial charge in [-0.25, -0.2) is 9.97 Å². The molecule has 3 aromatic heterocycles. The fraction of sp³-hybridized carbons (Fsp3) is 0.304. The second-order valence-corrected chi connectivity index (χ2v) is 8.08. The van der Waals surface area contributed by atoms with E-state index in [4.69, 9.17) is 19.7 Å². The van der Waals surface area contributed by atoms with Crippen molar-refractivity contribution in [3.8, 4) is 11.3 Å². The maximum absolute atomic E-state index is 11.6. The molecule has 0 saturated carbocycles. The zero-order valence-corrected chi connectivity index (χ0v) is 18.4. The van der Waals surface area contributed by atoms with Crippen molar-refractivity contribution in [1.29, 1.82) is 0 Å². The summed E-state index contributed by atoms with van der Waals surface area (Å²) in [5.41, 5.74) is 4.07. The highest BCUT2D eigenvalue weighted by Crippen LogP contribution is 2.34. The zero-order valence-electron chi connectivity index (χ0n) is 18.4. The minimum Gasteiger partial charge on any atom is -0.381 e. The van der Waals surface area contributed by atoms with Crippen LogP contribution in [0.5, 0.6) is 0 Å². The van der Waals surface area contributed by atoms with Crippen LogP contribution in [-0.4, -0.2) is 42.6 Å². The van der Waals surface area contributed by atoms with Crippen LogP contribution in [-0.2, 0) is 4.74 Å². The van der Waals surface area contributed by atoms with Gasteiger partial charge in [-0.15, -0.1) is 0 Å². The van der Waals surface area contributed by atoms with E-state index in [1.54, 1.807) is 24.5 Å². The largest absolute Gasteiger partial charge is 0.381 e. The molecule has 1 aliphatic rings. The number of anilines is 2. The maximum Gasteiger partial charge on any atom is 0.292 e. The Morgan fingerprint density at radius 1 is 1.09 bits per heavy atom. The average molecular weight is 445 g/mol. The van der Waals surface area contributed by atoms with Crippen LogP contribution in [0.2, 0.25) is 0 Å². The summed E-state index contributed by atoms with van der Waals surface area (Å²) < 4.78 is 7.68. The van der Waals surface area contributed by atoms with Gasteiger partial charge in [0.25, 0.3) is 5.69 Å². The lowest BCUT2D eigenvalue weighted by Gasteiger charge is -2.24. The first-order chi connectivity index (χ1) is 16.0. The zero-order chi connectivity index (χ0) is 22.9. The number of ether oxygens (including phenoxy) is 1. The minimum atomic E-state index is -0.416. The van der Waals surface area contributed by atoms with Crippen molar-refractivity contribution in [3.63, 3.8) is 0 Å². The first-order valence-corrected chi connectivity index (χ1v) is 10.8. The number of benzene rings is 1. The van der Waals surface area contributed by atoms with Gasteiger partial charge < -0.3 is 14.6 Å². The Hall–Kier alpha value is -3.92. The highest BCUT2D eigenvalue weighted by atomic mass is 16.6.